The molecule has 0 radical (unpaired) electrons. The third-order valence-electron chi connectivity index (χ3n) is 9.38. The molecule has 2 aromatic carbocycles. The first-order valence-corrected chi connectivity index (χ1v) is 17.1. The Bertz CT molecular complexity index is 1490. The number of thioether (sulfide) groups is 1. The van der Waals surface area contributed by atoms with E-state index in [4.69, 9.17) is 16.3 Å². The summed E-state index contributed by atoms with van der Waals surface area (Å²) < 4.78 is 4.70. The minimum Gasteiger partial charge on any atom is -0.494 e. The summed E-state index contributed by atoms with van der Waals surface area (Å²) in [6.07, 6.45) is 11.2. The number of hydrogen-bond acceptors (Lipinski definition) is 6. The van der Waals surface area contributed by atoms with Gasteiger partial charge >= 0.3 is 0 Å². The fraction of sp³-hybridized carbons (Fsp3) is 0.457. The Kier molecular flexibility index (Phi) is 9.32. The lowest BCUT2D eigenvalue weighted by molar-refractivity contribution is -0.138. The molecular weight excluding hydrogens is 610 g/mol. The predicted molar refractivity (Wildman–Crippen MR) is 179 cm³/mol. The molecule has 1 N–H and O–H groups in total. The summed E-state index contributed by atoms with van der Waals surface area (Å²) in [7, 11) is 0. The molecule has 0 aromatic heterocycles. The molecule has 4 aliphatic rings. The number of carbonyl (C=O) groups is 3. The van der Waals surface area contributed by atoms with Gasteiger partial charge in [0.25, 0.3) is 5.91 Å². The van der Waals surface area contributed by atoms with Gasteiger partial charge in [-0.05, 0) is 62.6 Å². The zero-order valence-corrected chi connectivity index (χ0v) is 27.3. The van der Waals surface area contributed by atoms with Crippen molar-refractivity contribution < 1.29 is 24.2 Å². The number of aliphatic hydroxyl groups excluding tert-OH is 1. The van der Waals surface area contributed by atoms with Crippen LogP contribution in [0.3, 0.4) is 0 Å². The molecule has 2 fully saturated rings. The summed E-state index contributed by atoms with van der Waals surface area (Å²) >= 11 is 8.26. The number of nitrogens with zero attached hydrogens (tertiary/aromatic N) is 3. The van der Waals surface area contributed by atoms with Gasteiger partial charge < -0.3 is 24.5 Å². The summed E-state index contributed by atoms with van der Waals surface area (Å²) in [5, 5.41) is 9.48. The fourth-order valence-corrected chi connectivity index (χ4v) is 9.74. The van der Waals surface area contributed by atoms with Crippen LogP contribution in [0, 0.1) is 18.8 Å². The highest BCUT2D eigenvalue weighted by atomic mass is 35.5. The van der Waals surface area contributed by atoms with Crippen molar-refractivity contribution in [2.75, 3.05) is 42.6 Å². The zero-order chi connectivity index (χ0) is 31.7. The Labute approximate surface area is 274 Å². The van der Waals surface area contributed by atoms with Gasteiger partial charge in [-0.1, -0.05) is 60.9 Å². The molecule has 3 amide bonds. The predicted octanol–water partition coefficient (Wildman–Crippen LogP) is 5.40. The topological polar surface area (TPSA) is 90.4 Å². The number of ether oxygens (including phenoxy) is 1. The van der Waals surface area contributed by atoms with Crippen LogP contribution >= 0.6 is 23.4 Å². The summed E-state index contributed by atoms with van der Waals surface area (Å²) in [5.41, 5.74) is 2.28. The molecule has 0 saturated carbocycles. The summed E-state index contributed by atoms with van der Waals surface area (Å²) in [6.45, 7) is 5.68. The van der Waals surface area contributed by atoms with Crippen molar-refractivity contribution in [3.63, 3.8) is 0 Å². The van der Waals surface area contributed by atoms with E-state index < -0.39 is 22.6 Å². The van der Waals surface area contributed by atoms with E-state index in [-0.39, 0.29) is 29.6 Å². The van der Waals surface area contributed by atoms with Crippen molar-refractivity contribution in [1.29, 1.82) is 0 Å². The highest BCUT2D eigenvalue weighted by Crippen LogP contribution is 2.61. The maximum atomic E-state index is 14.7. The molecule has 2 saturated heterocycles. The number of unbranched alkanes of at least 4 members (excludes halogenated alkanes) is 3. The SMILES string of the molecule is CCOc1ccc(N2CC=C[C@H]3S[C@]45C=CCN(c6c(C)cccc6Cl)C(=O)C4N(CCCCCCO)C(=O)[C@@H]5[C@H]3C2=O)cc1. The average Bonchev–Trinajstić information content (AvgIpc) is 3.33. The molecule has 6 rings (SSSR count). The second-order valence-electron chi connectivity index (χ2n) is 12.1. The minimum atomic E-state index is -0.902. The van der Waals surface area contributed by atoms with Crippen LogP contribution in [0.25, 0.3) is 0 Å². The number of benzene rings is 2. The van der Waals surface area contributed by atoms with Crippen molar-refractivity contribution >= 4 is 52.5 Å². The molecule has 8 nitrogen and oxygen atoms in total. The van der Waals surface area contributed by atoms with Crippen LogP contribution in [0.15, 0.2) is 66.8 Å². The number of likely N-dealkylation sites (tertiary alicyclic amines) is 1. The molecule has 2 aromatic rings. The number of halogens is 1. The van der Waals surface area contributed by atoms with E-state index in [2.05, 4.69) is 6.08 Å². The maximum absolute atomic E-state index is 14.7. The van der Waals surface area contributed by atoms with E-state index in [1.54, 1.807) is 32.5 Å². The quantitative estimate of drug-likeness (QED) is 0.274. The molecule has 0 bridgehead atoms. The third kappa shape index (κ3) is 5.57. The molecule has 10 heteroatoms. The second kappa shape index (κ2) is 13.2. The lowest BCUT2D eigenvalue weighted by Crippen LogP contribution is -2.53. The number of aliphatic hydroxyl groups is 1. The van der Waals surface area contributed by atoms with Crippen molar-refractivity contribution in [3.8, 4) is 5.75 Å². The van der Waals surface area contributed by atoms with Crippen LogP contribution in [0.2, 0.25) is 5.02 Å². The summed E-state index contributed by atoms with van der Waals surface area (Å²) in [4.78, 5) is 49.0. The number of para-hydroxylation sites is 1. The van der Waals surface area contributed by atoms with Crippen LogP contribution < -0.4 is 14.5 Å². The Morgan fingerprint density at radius 1 is 0.956 bits per heavy atom. The van der Waals surface area contributed by atoms with E-state index >= 15 is 0 Å². The van der Waals surface area contributed by atoms with Gasteiger partial charge in [0, 0.05) is 37.2 Å². The standard InChI is InChI=1S/C35H40ClN3O5S/c1-3-44-25-16-14-24(15-17-25)37-20-9-13-27-28(32(37)41)29-33(42)39(19-6-4-5-7-22-40)31-34(43)38(21-10-18-35(29,31)45-27)30-23(2)11-8-12-26(30)36/h8-18,27-29,31,40H,3-7,19-22H2,1-2H3/t27-,28+,29+,31?,35+/m1/s1. The monoisotopic (exact) mass is 649 g/mol. The van der Waals surface area contributed by atoms with Crippen LogP contribution in [0.5, 0.6) is 5.75 Å². The number of anilines is 2. The molecule has 5 atom stereocenters. The van der Waals surface area contributed by atoms with E-state index in [0.717, 1.165) is 29.8 Å². The van der Waals surface area contributed by atoms with Gasteiger partial charge in [0.2, 0.25) is 11.8 Å². The molecule has 238 valence electrons. The average molecular weight is 650 g/mol. The molecular formula is C35H40ClN3O5S. The molecule has 1 spiro atoms. The number of aryl methyl sites for hydroxylation is 1. The van der Waals surface area contributed by atoms with Crippen molar-refractivity contribution in [2.24, 2.45) is 11.8 Å². The normalized spacial score (nSPS) is 27.4. The van der Waals surface area contributed by atoms with Crippen molar-refractivity contribution in [3.05, 3.63) is 77.4 Å². The van der Waals surface area contributed by atoms with Crippen LogP contribution in [-0.2, 0) is 14.4 Å². The lowest BCUT2D eigenvalue weighted by Gasteiger charge is -2.35. The molecule has 0 aliphatic carbocycles. The second-order valence-corrected chi connectivity index (χ2v) is 14.0. The van der Waals surface area contributed by atoms with Gasteiger partial charge in [-0.15, -0.1) is 11.8 Å². The van der Waals surface area contributed by atoms with E-state index in [1.807, 2.05) is 68.5 Å². The van der Waals surface area contributed by atoms with Gasteiger partial charge in [-0.25, -0.2) is 0 Å². The summed E-state index contributed by atoms with van der Waals surface area (Å²) in [5.74, 6) is -1.01. The highest BCUT2D eigenvalue weighted by Gasteiger charge is 2.71. The largest absolute Gasteiger partial charge is 0.494 e. The summed E-state index contributed by atoms with van der Waals surface area (Å²) in [6, 6.07) is 12.3. The Morgan fingerprint density at radius 3 is 2.44 bits per heavy atom. The first kappa shape index (κ1) is 31.7. The molecule has 4 heterocycles. The van der Waals surface area contributed by atoms with Gasteiger partial charge in [0.05, 0.1) is 33.9 Å². The third-order valence-corrected chi connectivity index (χ3v) is 11.4. The van der Waals surface area contributed by atoms with Crippen LogP contribution in [0.4, 0.5) is 11.4 Å². The van der Waals surface area contributed by atoms with Gasteiger partial charge in [-0.3, -0.25) is 14.4 Å². The molecule has 1 unspecified atom stereocenters. The van der Waals surface area contributed by atoms with Crippen molar-refractivity contribution in [2.45, 2.75) is 55.6 Å². The van der Waals surface area contributed by atoms with Gasteiger partial charge in [-0.2, -0.15) is 0 Å². The Morgan fingerprint density at radius 2 is 1.71 bits per heavy atom. The molecule has 45 heavy (non-hydrogen) atoms. The minimum absolute atomic E-state index is 0.107. The van der Waals surface area contributed by atoms with Crippen molar-refractivity contribution in [1.82, 2.24) is 4.90 Å². The number of amides is 3. The Balaban J connectivity index is 1.38. The first-order chi connectivity index (χ1) is 21.8. The van der Waals surface area contributed by atoms with Crippen LogP contribution in [0.1, 0.15) is 38.2 Å². The lowest BCUT2D eigenvalue weighted by atomic mass is 9.78. The van der Waals surface area contributed by atoms with E-state index in [1.165, 1.54) is 0 Å². The van der Waals surface area contributed by atoms with E-state index in [0.29, 0.717) is 49.8 Å². The van der Waals surface area contributed by atoms with Crippen LogP contribution in [-0.4, -0.2) is 76.6 Å². The highest BCUT2D eigenvalue weighted by molar-refractivity contribution is 8.02. The number of carbonyl (C=O) groups excluding carboxylic acids is 3. The fourth-order valence-electron chi connectivity index (χ4n) is 7.41. The first-order valence-electron chi connectivity index (χ1n) is 15.9. The number of rotatable bonds is 10. The Hall–Kier alpha value is -3.27. The number of hydrogen-bond donors (Lipinski definition) is 1. The van der Waals surface area contributed by atoms with E-state index in [9.17, 15) is 19.5 Å². The zero-order valence-electron chi connectivity index (χ0n) is 25.7. The van der Waals surface area contributed by atoms with Gasteiger partial charge in [0.15, 0.2) is 0 Å². The smallest absolute Gasteiger partial charge is 0.251 e. The molecule has 4 aliphatic heterocycles. The number of fused-ring (bicyclic) bond motifs is 2. The van der Waals surface area contributed by atoms with Gasteiger partial charge in [0.1, 0.15) is 11.8 Å². The maximum Gasteiger partial charge on any atom is 0.251 e.